The topological polar surface area (TPSA) is 64.3 Å². The zero-order chi connectivity index (χ0) is 13.6. The Kier molecular flexibility index (Phi) is 6.09. The molecule has 0 saturated heterocycles. The number of nitrogens with one attached hydrogen (secondary N) is 1. The number of amides is 1. The molecule has 0 radical (unpaired) electrons. The van der Waals surface area contributed by atoms with E-state index in [1.54, 1.807) is 0 Å². The first-order valence-electron chi connectivity index (χ1n) is 7.09. The number of hydrogen-bond acceptors (Lipinski definition) is 3. The predicted molar refractivity (Wildman–Crippen MR) is 73.3 cm³/mol. The van der Waals surface area contributed by atoms with Gasteiger partial charge in [0.1, 0.15) is 0 Å². The fourth-order valence-corrected chi connectivity index (χ4v) is 2.12. The smallest absolute Gasteiger partial charge is 0.237 e. The van der Waals surface area contributed by atoms with Gasteiger partial charge in [-0.25, -0.2) is 0 Å². The Hall–Kier alpha value is -0.610. The molecule has 0 aliphatic heterocycles. The average Bonchev–Trinajstić information content (AvgIpc) is 3.05. The van der Waals surface area contributed by atoms with Crippen molar-refractivity contribution in [1.29, 1.82) is 0 Å². The maximum Gasteiger partial charge on any atom is 0.237 e. The minimum Gasteiger partial charge on any atom is -0.381 e. The van der Waals surface area contributed by atoms with Crippen LogP contribution in [-0.4, -0.2) is 30.7 Å². The number of rotatable bonds is 10. The highest BCUT2D eigenvalue weighted by molar-refractivity contribution is 5.84. The highest BCUT2D eigenvalue weighted by atomic mass is 16.5. The van der Waals surface area contributed by atoms with Crippen LogP contribution in [0.1, 0.15) is 52.9 Å². The maximum atomic E-state index is 11.5. The second-order valence-corrected chi connectivity index (χ2v) is 5.97. The van der Waals surface area contributed by atoms with Crippen LogP contribution in [0.25, 0.3) is 0 Å². The summed E-state index contributed by atoms with van der Waals surface area (Å²) in [6.07, 6.45) is 5.39. The van der Waals surface area contributed by atoms with E-state index >= 15 is 0 Å². The van der Waals surface area contributed by atoms with E-state index < -0.39 is 5.54 Å². The zero-order valence-corrected chi connectivity index (χ0v) is 12.0. The molecule has 4 nitrogen and oxygen atoms in total. The van der Waals surface area contributed by atoms with Crippen molar-refractivity contribution < 1.29 is 9.53 Å². The molecule has 0 aromatic carbocycles. The molecule has 1 amide bonds. The molecule has 1 unspecified atom stereocenters. The summed E-state index contributed by atoms with van der Waals surface area (Å²) in [5.41, 5.74) is 4.88. The Morgan fingerprint density at radius 2 is 2.11 bits per heavy atom. The van der Waals surface area contributed by atoms with Gasteiger partial charge in [-0.3, -0.25) is 4.79 Å². The first-order chi connectivity index (χ1) is 8.44. The van der Waals surface area contributed by atoms with E-state index in [1.807, 2.05) is 20.8 Å². The second-order valence-electron chi connectivity index (χ2n) is 5.97. The third-order valence-corrected chi connectivity index (χ3v) is 3.42. The molecule has 1 rings (SSSR count). The Morgan fingerprint density at radius 1 is 1.44 bits per heavy atom. The second kappa shape index (κ2) is 7.10. The summed E-state index contributed by atoms with van der Waals surface area (Å²) >= 11 is 0. The van der Waals surface area contributed by atoms with Gasteiger partial charge in [-0.2, -0.15) is 0 Å². The van der Waals surface area contributed by atoms with E-state index in [-0.39, 0.29) is 11.9 Å². The quantitative estimate of drug-likeness (QED) is 0.586. The highest BCUT2D eigenvalue weighted by Gasteiger charge is 2.30. The molecule has 1 aliphatic rings. The zero-order valence-electron chi connectivity index (χ0n) is 12.0. The highest BCUT2D eigenvalue weighted by Crippen LogP contribution is 2.28. The summed E-state index contributed by atoms with van der Waals surface area (Å²) in [5.74, 6) is 0.554. The van der Waals surface area contributed by atoms with Crippen molar-refractivity contribution in [1.82, 2.24) is 5.32 Å². The van der Waals surface area contributed by atoms with Crippen LogP contribution in [0.2, 0.25) is 0 Å². The van der Waals surface area contributed by atoms with Crippen molar-refractivity contribution >= 4 is 5.91 Å². The molecule has 0 aromatic rings. The lowest BCUT2D eigenvalue weighted by molar-refractivity contribution is -0.124. The van der Waals surface area contributed by atoms with E-state index in [0.717, 1.165) is 38.4 Å². The lowest BCUT2D eigenvalue weighted by Gasteiger charge is -2.29. The molecular weight excluding hydrogens is 228 g/mol. The van der Waals surface area contributed by atoms with Crippen molar-refractivity contribution in [3.63, 3.8) is 0 Å². The first-order valence-corrected chi connectivity index (χ1v) is 7.09. The van der Waals surface area contributed by atoms with Gasteiger partial charge in [0, 0.05) is 19.3 Å². The molecule has 0 spiro atoms. The normalized spacial score (nSPS) is 18.9. The summed E-state index contributed by atoms with van der Waals surface area (Å²) in [7, 11) is 0. The van der Waals surface area contributed by atoms with E-state index in [1.165, 1.54) is 12.8 Å². The SMILES string of the molecule is CC(C)NC(C)(CCCCOCC1CC1)C(N)=O. The van der Waals surface area contributed by atoms with Crippen molar-refractivity contribution in [2.45, 2.75) is 64.5 Å². The number of hydrogen-bond donors (Lipinski definition) is 2. The van der Waals surface area contributed by atoms with E-state index in [4.69, 9.17) is 10.5 Å². The van der Waals surface area contributed by atoms with Crippen LogP contribution >= 0.6 is 0 Å². The van der Waals surface area contributed by atoms with Crippen LogP contribution in [0.3, 0.4) is 0 Å². The minimum atomic E-state index is -0.593. The summed E-state index contributed by atoms with van der Waals surface area (Å²) < 4.78 is 5.58. The summed E-state index contributed by atoms with van der Waals surface area (Å²) in [6, 6.07) is 0.258. The molecule has 0 heterocycles. The number of ether oxygens (including phenoxy) is 1. The Morgan fingerprint density at radius 3 is 2.61 bits per heavy atom. The van der Waals surface area contributed by atoms with Crippen LogP contribution in [0, 0.1) is 5.92 Å². The van der Waals surface area contributed by atoms with Gasteiger partial charge in [0.2, 0.25) is 5.91 Å². The van der Waals surface area contributed by atoms with Crippen LogP contribution in [-0.2, 0) is 9.53 Å². The molecule has 0 aromatic heterocycles. The Balaban J connectivity index is 2.13. The lowest BCUT2D eigenvalue weighted by Crippen LogP contribution is -2.55. The third-order valence-electron chi connectivity index (χ3n) is 3.42. The van der Waals surface area contributed by atoms with Crippen molar-refractivity contribution in [2.24, 2.45) is 11.7 Å². The molecule has 106 valence electrons. The Bertz CT molecular complexity index is 265. The summed E-state index contributed by atoms with van der Waals surface area (Å²) in [6.45, 7) is 7.66. The molecule has 18 heavy (non-hydrogen) atoms. The van der Waals surface area contributed by atoms with Gasteiger partial charge in [-0.15, -0.1) is 0 Å². The molecule has 1 atom stereocenters. The van der Waals surface area contributed by atoms with Crippen molar-refractivity contribution in [2.75, 3.05) is 13.2 Å². The van der Waals surface area contributed by atoms with Gasteiger partial charge in [-0.1, -0.05) is 0 Å². The molecule has 4 heteroatoms. The molecule has 0 bridgehead atoms. The number of carbonyl (C=O) groups excluding carboxylic acids is 1. The van der Waals surface area contributed by atoms with Crippen LogP contribution < -0.4 is 11.1 Å². The predicted octanol–water partition coefficient (Wildman–Crippen LogP) is 1.83. The lowest BCUT2D eigenvalue weighted by atomic mass is 9.93. The van der Waals surface area contributed by atoms with Gasteiger partial charge in [0.05, 0.1) is 5.54 Å². The standard InChI is InChI=1S/C14H28N2O2/c1-11(2)16-14(3,13(15)17)8-4-5-9-18-10-12-6-7-12/h11-12,16H,4-10H2,1-3H3,(H2,15,17). The Labute approximate surface area is 111 Å². The fraction of sp³-hybridized carbons (Fsp3) is 0.929. The fourth-order valence-electron chi connectivity index (χ4n) is 2.12. The van der Waals surface area contributed by atoms with Crippen LogP contribution in [0.5, 0.6) is 0 Å². The van der Waals surface area contributed by atoms with Gasteiger partial charge in [-0.05, 0) is 58.8 Å². The molecule has 1 fully saturated rings. The van der Waals surface area contributed by atoms with Gasteiger partial charge in [0.25, 0.3) is 0 Å². The van der Waals surface area contributed by atoms with Crippen LogP contribution in [0.4, 0.5) is 0 Å². The maximum absolute atomic E-state index is 11.5. The molecule has 1 saturated carbocycles. The van der Waals surface area contributed by atoms with E-state index in [2.05, 4.69) is 5.32 Å². The van der Waals surface area contributed by atoms with Gasteiger partial charge < -0.3 is 15.8 Å². The summed E-state index contributed by atoms with van der Waals surface area (Å²) in [5, 5.41) is 3.26. The number of primary amides is 1. The largest absolute Gasteiger partial charge is 0.381 e. The van der Waals surface area contributed by atoms with Gasteiger partial charge in [0.15, 0.2) is 0 Å². The summed E-state index contributed by atoms with van der Waals surface area (Å²) in [4.78, 5) is 11.5. The third kappa shape index (κ3) is 5.83. The average molecular weight is 256 g/mol. The number of nitrogens with two attached hydrogens (primary N) is 1. The minimum absolute atomic E-state index is 0.258. The first kappa shape index (κ1) is 15.4. The number of unbranched alkanes of at least 4 members (excludes halogenated alkanes) is 1. The van der Waals surface area contributed by atoms with Crippen LogP contribution in [0.15, 0.2) is 0 Å². The van der Waals surface area contributed by atoms with Crippen molar-refractivity contribution in [3.8, 4) is 0 Å². The van der Waals surface area contributed by atoms with E-state index in [0.29, 0.717) is 0 Å². The molecular formula is C14H28N2O2. The van der Waals surface area contributed by atoms with Gasteiger partial charge >= 0.3 is 0 Å². The van der Waals surface area contributed by atoms with E-state index in [9.17, 15) is 4.79 Å². The molecule has 1 aliphatic carbocycles. The monoisotopic (exact) mass is 256 g/mol. The number of carbonyl (C=O) groups is 1. The molecule has 3 N–H and O–H groups in total. The van der Waals surface area contributed by atoms with Crippen molar-refractivity contribution in [3.05, 3.63) is 0 Å².